The molecule has 0 radical (unpaired) electrons. The molecule has 0 saturated carbocycles. The first kappa shape index (κ1) is 9.35. The molecule has 0 saturated heterocycles. The molecular weight excluding hydrogens is 188 g/mol. The summed E-state index contributed by atoms with van der Waals surface area (Å²) in [4.78, 5) is 3.57. The third-order valence-corrected chi connectivity index (χ3v) is 1.52. The van der Waals surface area contributed by atoms with Gasteiger partial charge in [-0.05, 0) is 17.7 Å². The van der Waals surface area contributed by atoms with Crippen LogP contribution in [0.15, 0.2) is 24.5 Å². The predicted octanol–water partition coefficient (Wildman–Crippen LogP) is 1.95. The molecule has 0 fully saturated rings. The Balaban J connectivity index is 2.86. The van der Waals surface area contributed by atoms with Crippen molar-refractivity contribution in [3.05, 3.63) is 30.1 Å². The monoisotopic (exact) mass is 193 g/mol. The van der Waals surface area contributed by atoms with E-state index in [-0.39, 0.29) is 5.56 Å². The SMILES string of the molecule is OC(c1cccnc1)C(F)(F)Cl. The van der Waals surface area contributed by atoms with Gasteiger partial charge < -0.3 is 5.11 Å². The number of rotatable bonds is 2. The summed E-state index contributed by atoms with van der Waals surface area (Å²) < 4.78 is 24.6. The van der Waals surface area contributed by atoms with Gasteiger partial charge in [0.1, 0.15) is 0 Å². The van der Waals surface area contributed by atoms with Crippen molar-refractivity contribution in [2.75, 3.05) is 0 Å². The number of hydrogen-bond acceptors (Lipinski definition) is 2. The first-order valence-corrected chi connectivity index (χ1v) is 3.54. The first-order chi connectivity index (χ1) is 5.52. The van der Waals surface area contributed by atoms with Crippen LogP contribution in [0, 0.1) is 0 Å². The molecular formula is C7H6ClF2NO. The standard InChI is InChI=1S/C7H6ClF2NO/c8-7(9,10)6(12)5-2-1-3-11-4-5/h1-4,6,12H. The maximum Gasteiger partial charge on any atom is 0.351 e. The Morgan fingerprint density at radius 2 is 2.25 bits per heavy atom. The van der Waals surface area contributed by atoms with Gasteiger partial charge in [0.25, 0.3) is 0 Å². The van der Waals surface area contributed by atoms with Crippen molar-refractivity contribution < 1.29 is 13.9 Å². The molecule has 0 spiro atoms. The molecule has 1 rings (SSSR count). The summed E-state index contributed by atoms with van der Waals surface area (Å²) in [6, 6.07) is 2.77. The highest BCUT2D eigenvalue weighted by molar-refractivity contribution is 6.22. The Hall–Kier alpha value is -0.740. The van der Waals surface area contributed by atoms with Crippen LogP contribution >= 0.6 is 11.6 Å². The molecule has 0 amide bonds. The van der Waals surface area contributed by atoms with E-state index in [2.05, 4.69) is 16.6 Å². The average Bonchev–Trinajstić information content (AvgIpc) is 2.03. The van der Waals surface area contributed by atoms with E-state index in [9.17, 15) is 8.78 Å². The molecule has 1 atom stereocenters. The van der Waals surface area contributed by atoms with Gasteiger partial charge in [0.2, 0.25) is 0 Å². The molecule has 0 aromatic carbocycles. The molecule has 5 heteroatoms. The quantitative estimate of drug-likeness (QED) is 0.729. The predicted molar refractivity (Wildman–Crippen MR) is 40.0 cm³/mol. The molecule has 2 nitrogen and oxygen atoms in total. The number of aromatic nitrogens is 1. The second kappa shape index (κ2) is 3.33. The molecule has 12 heavy (non-hydrogen) atoms. The zero-order valence-electron chi connectivity index (χ0n) is 5.92. The van der Waals surface area contributed by atoms with Crippen LogP contribution in [0.5, 0.6) is 0 Å². The summed E-state index contributed by atoms with van der Waals surface area (Å²) in [6.07, 6.45) is 0.552. The van der Waals surface area contributed by atoms with Gasteiger partial charge in [-0.2, -0.15) is 8.78 Å². The fraction of sp³-hybridized carbons (Fsp3) is 0.286. The summed E-state index contributed by atoms with van der Waals surface area (Å²) in [5, 5.41) is 5.29. The molecule has 1 unspecified atom stereocenters. The number of alkyl halides is 3. The smallest absolute Gasteiger partial charge is 0.351 e. The minimum atomic E-state index is -3.65. The Morgan fingerprint density at radius 1 is 1.58 bits per heavy atom. The maximum absolute atomic E-state index is 12.3. The lowest BCUT2D eigenvalue weighted by molar-refractivity contribution is -0.0426. The van der Waals surface area contributed by atoms with Crippen molar-refractivity contribution in [3.8, 4) is 0 Å². The van der Waals surface area contributed by atoms with Crippen LogP contribution in [-0.4, -0.2) is 15.5 Å². The first-order valence-electron chi connectivity index (χ1n) is 3.16. The highest BCUT2D eigenvalue weighted by Crippen LogP contribution is 2.34. The van der Waals surface area contributed by atoms with E-state index >= 15 is 0 Å². The van der Waals surface area contributed by atoms with Gasteiger partial charge in [-0.3, -0.25) is 4.98 Å². The van der Waals surface area contributed by atoms with Crippen molar-refractivity contribution in [3.63, 3.8) is 0 Å². The second-order valence-electron chi connectivity index (χ2n) is 2.23. The van der Waals surface area contributed by atoms with Crippen LogP contribution in [0.4, 0.5) is 8.78 Å². The zero-order valence-corrected chi connectivity index (χ0v) is 6.67. The largest absolute Gasteiger partial charge is 0.381 e. The molecule has 1 heterocycles. The number of hydrogen-bond donors (Lipinski definition) is 1. The minimum absolute atomic E-state index is 0.00231. The fourth-order valence-corrected chi connectivity index (χ4v) is 0.853. The van der Waals surface area contributed by atoms with Crippen molar-refractivity contribution in [2.45, 2.75) is 11.5 Å². The van der Waals surface area contributed by atoms with Crippen molar-refractivity contribution in [1.29, 1.82) is 0 Å². The molecule has 1 aromatic heterocycles. The number of aliphatic hydroxyl groups is 1. The van der Waals surface area contributed by atoms with Crippen LogP contribution in [-0.2, 0) is 0 Å². The number of pyridine rings is 1. The molecule has 0 bridgehead atoms. The third-order valence-electron chi connectivity index (χ3n) is 1.31. The van der Waals surface area contributed by atoms with Crippen LogP contribution in [0.3, 0.4) is 0 Å². The van der Waals surface area contributed by atoms with Crippen LogP contribution in [0.25, 0.3) is 0 Å². The minimum Gasteiger partial charge on any atom is -0.381 e. The summed E-state index contributed by atoms with van der Waals surface area (Å²) in [6.45, 7) is 0. The lowest BCUT2D eigenvalue weighted by Gasteiger charge is -2.15. The molecule has 0 aliphatic heterocycles. The molecule has 66 valence electrons. The van der Waals surface area contributed by atoms with Gasteiger partial charge in [-0.1, -0.05) is 6.07 Å². The van der Waals surface area contributed by atoms with E-state index in [0.29, 0.717) is 0 Å². The Bertz CT molecular complexity index is 249. The zero-order chi connectivity index (χ0) is 9.19. The highest BCUT2D eigenvalue weighted by atomic mass is 35.5. The van der Waals surface area contributed by atoms with E-state index in [1.54, 1.807) is 0 Å². The summed E-state index contributed by atoms with van der Waals surface area (Å²) in [7, 11) is 0. The van der Waals surface area contributed by atoms with E-state index < -0.39 is 11.5 Å². The van der Waals surface area contributed by atoms with Crippen molar-refractivity contribution in [1.82, 2.24) is 4.98 Å². The lowest BCUT2D eigenvalue weighted by atomic mass is 10.2. The molecule has 1 aromatic rings. The van der Waals surface area contributed by atoms with Gasteiger partial charge in [0, 0.05) is 18.0 Å². The Kier molecular flexibility index (Phi) is 2.59. The highest BCUT2D eigenvalue weighted by Gasteiger charge is 2.36. The van der Waals surface area contributed by atoms with E-state index in [4.69, 9.17) is 5.11 Å². The normalized spacial score (nSPS) is 14.3. The van der Waals surface area contributed by atoms with Gasteiger partial charge in [-0.25, -0.2) is 0 Å². The van der Waals surface area contributed by atoms with Gasteiger partial charge in [0.05, 0.1) is 0 Å². The van der Waals surface area contributed by atoms with E-state index in [1.807, 2.05) is 0 Å². The van der Waals surface area contributed by atoms with Crippen LogP contribution in [0.2, 0.25) is 0 Å². The van der Waals surface area contributed by atoms with Crippen molar-refractivity contribution in [2.24, 2.45) is 0 Å². The third kappa shape index (κ3) is 2.12. The van der Waals surface area contributed by atoms with Gasteiger partial charge in [-0.15, -0.1) is 0 Å². The summed E-state index contributed by atoms with van der Waals surface area (Å²) in [5.41, 5.74) is -0.00231. The lowest BCUT2D eigenvalue weighted by Crippen LogP contribution is -2.18. The fourth-order valence-electron chi connectivity index (χ4n) is 0.727. The number of nitrogens with zero attached hydrogens (tertiary/aromatic N) is 1. The summed E-state index contributed by atoms with van der Waals surface area (Å²) in [5.74, 6) is 0. The van der Waals surface area contributed by atoms with E-state index in [1.165, 1.54) is 18.3 Å². The van der Waals surface area contributed by atoms with E-state index in [0.717, 1.165) is 6.20 Å². The van der Waals surface area contributed by atoms with Gasteiger partial charge >= 0.3 is 5.38 Å². The second-order valence-corrected chi connectivity index (χ2v) is 2.73. The Labute approximate surface area is 72.8 Å². The van der Waals surface area contributed by atoms with Gasteiger partial charge in [0.15, 0.2) is 6.10 Å². The molecule has 0 aliphatic carbocycles. The number of halogens is 3. The average molecular weight is 194 g/mol. The molecule has 1 N–H and O–H groups in total. The number of aliphatic hydroxyl groups excluding tert-OH is 1. The Morgan fingerprint density at radius 3 is 2.67 bits per heavy atom. The van der Waals surface area contributed by atoms with Crippen molar-refractivity contribution >= 4 is 11.6 Å². The maximum atomic E-state index is 12.3. The van der Waals surface area contributed by atoms with Crippen LogP contribution < -0.4 is 0 Å². The molecule has 0 aliphatic rings. The summed E-state index contributed by atoms with van der Waals surface area (Å²) >= 11 is 4.61. The topological polar surface area (TPSA) is 33.1 Å². The van der Waals surface area contributed by atoms with Crippen LogP contribution in [0.1, 0.15) is 11.7 Å².